The first-order valence-corrected chi connectivity index (χ1v) is 5.70. The summed E-state index contributed by atoms with van der Waals surface area (Å²) in [5.41, 5.74) is 0. The highest BCUT2D eigenvalue weighted by molar-refractivity contribution is 14.1. The van der Waals surface area contributed by atoms with Crippen molar-refractivity contribution in [2.24, 2.45) is 5.92 Å². The Hall–Kier alpha value is 1.20. The summed E-state index contributed by atoms with van der Waals surface area (Å²) in [6.07, 6.45) is 4.04. The van der Waals surface area contributed by atoms with Crippen molar-refractivity contribution in [3.05, 3.63) is 10.2 Å². The molecule has 0 nitrogen and oxygen atoms in total. The molecule has 0 aromatic rings. The first kappa shape index (κ1) is 9.29. The molecular formula is C8H12I2. The van der Waals surface area contributed by atoms with Gasteiger partial charge in [0.2, 0.25) is 0 Å². The quantitative estimate of drug-likeness (QED) is 0.490. The molecule has 0 aromatic heterocycles. The molecule has 0 N–H and O–H groups in total. The minimum Gasteiger partial charge on any atom is -0.0894 e. The Labute approximate surface area is 90.1 Å². The van der Waals surface area contributed by atoms with Crippen molar-refractivity contribution in [1.29, 1.82) is 0 Å². The van der Waals surface area contributed by atoms with Gasteiger partial charge in [-0.2, -0.15) is 0 Å². The highest BCUT2D eigenvalue weighted by Crippen LogP contribution is 2.44. The first-order valence-electron chi connectivity index (χ1n) is 3.54. The third-order valence-electron chi connectivity index (χ3n) is 2.13. The number of halogens is 2. The van der Waals surface area contributed by atoms with E-state index in [9.17, 15) is 0 Å². The molecule has 2 atom stereocenters. The Kier molecular flexibility index (Phi) is 3.06. The maximum atomic E-state index is 3.99. The van der Waals surface area contributed by atoms with Crippen molar-refractivity contribution >= 4 is 45.2 Å². The van der Waals surface area contributed by atoms with Crippen molar-refractivity contribution in [2.75, 3.05) is 0 Å². The molecule has 0 saturated heterocycles. The summed E-state index contributed by atoms with van der Waals surface area (Å²) in [6.45, 7) is 6.33. The normalized spacial score (nSPS) is 40.1. The Morgan fingerprint density at radius 2 is 2.30 bits per heavy atom. The zero-order chi connectivity index (χ0) is 7.78. The third kappa shape index (κ3) is 2.36. The van der Waals surface area contributed by atoms with Gasteiger partial charge in [0.25, 0.3) is 0 Å². The number of alkyl halides is 1. The number of allylic oxidation sites excluding steroid dienone is 1. The number of rotatable bonds is 1. The lowest BCUT2D eigenvalue weighted by Gasteiger charge is -2.14. The van der Waals surface area contributed by atoms with Gasteiger partial charge in [0, 0.05) is 3.42 Å². The van der Waals surface area contributed by atoms with E-state index in [0.29, 0.717) is 3.42 Å². The molecule has 1 aliphatic carbocycles. The fourth-order valence-electron chi connectivity index (χ4n) is 1.46. The maximum absolute atomic E-state index is 3.99. The Balaban J connectivity index is 2.51. The van der Waals surface area contributed by atoms with E-state index < -0.39 is 0 Å². The zero-order valence-corrected chi connectivity index (χ0v) is 10.5. The van der Waals surface area contributed by atoms with E-state index in [0.717, 1.165) is 5.92 Å². The van der Waals surface area contributed by atoms with Crippen LogP contribution in [0, 0.1) is 5.92 Å². The van der Waals surface area contributed by atoms with Crippen molar-refractivity contribution in [3.8, 4) is 0 Å². The molecule has 1 rings (SSSR count). The summed E-state index contributed by atoms with van der Waals surface area (Å²) < 4.78 is 1.90. The lowest BCUT2D eigenvalue weighted by atomic mass is 10.1. The van der Waals surface area contributed by atoms with Gasteiger partial charge in [-0.3, -0.25) is 0 Å². The standard InChI is InChI=1S/C8H12I2/c1-6(9)7-3-4-8(2,10)5-7/h7H,1,3-5H2,2H3. The molecule has 0 heterocycles. The Morgan fingerprint density at radius 1 is 1.70 bits per heavy atom. The average molecular weight is 362 g/mol. The molecule has 1 saturated carbocycles. The fourth-order valence-corrected chi connectivity index (χ4v) is 2.84. The van der Waals surface area contributed by atoms with Gasteiger partial charge in [-0.25, -0.2) is 0 Å². The maximum Gasteiger partial charge on any atom is 0.0200 e. The van der Waals surface area contributed by atoms with Crippen LogP contribution in [0.4, 0.5) is 0 Å². The summed E-state index contributed by atoms with van der Waals surface area (Å²) in [7, 11) is 0. The van der Waals surface area contributed by atoms with Crippen molar-refractivity contribution in [2.45, 2.75) is 29.6 Å². The van der Waals surface area contributed by atoms with E-state index in [4.69, 9.17) is 0 Å². The van der Waals surface area contributed by atoms with Crippen molar-refractivity contribution < 1.29 is 0 Å². The van der Waals surface area contributed by atoms with E-state index in [-0.39, 0.29) is 0 Å². The second kappa shape index (κ2) is 3.29. The number of hydrogen-bond donors (Lipinski definition) is 0. The van der Waals surface area contributed by atoms with Gasteiger partial charge in [0.05, 0.1) is 0 Å². The molecule has 0 radical (unpaired) electrons. The molecule has 2 heteroatoms. The Morgan fingerprint density at radius 3 is 2.50 bits per heavy atom. The molecular weight excluding hydrogens is 350 g/mol. The van der Waals surface area contributed by atoms with E-state index in [1.165, 1.54) is 22.8 Å². The lowest BCUT2D eigenvalue weighted by Crippen LogP contribution is -2.08. The van der Waals surface area contributed by atoms with Gasteiger partial charge in [0.15, 0.2) is 0 Å². The molecule has 0 bridgehead atoms. The highest BCUT2D eigenvalue weighted by Gasteiger charge is 2.32. The summed E-state index contributed by atoms with van der Waals surface area (Å²) >= 11 is 4.93. The third-order valence-corrected chi connectivity index (χ3v) is 3.99. The van der Waals surface area contributed by atoms with Crippen LogP contribution in [0.5, 0.6) is 0 Å². The summed E-state index contributed by atoms with van der Waals surface area (Å²) in [5.74, 6) is 0.794. The fraction of sp³-hybridized carbons (Fsp3) is 0.750. The van der Waals surface area contributed by atoms with E-state index in [1.807, 2.05) is 0 Å². The van der Waals surface area contributed by atoms with Crippen LogP contribution in [-0.2, 0) is 0 Å². The molecule has 1 fully saturated rings. The smallest absolute Gasteiger partial charge is 0.0200 e. The molecule has 0 aliphatic heterocycles. The monoisotopic (exact) mass is 362 g/mol. The SMILES string of the molecule is C=C(I)C1CCC(C)(I)C1. The number of hydrogen-bond acceptors (Lipinski definition) is 0. The largest absolute Gasteiger partial charge is 0.0894 e. The molecule has 2 unspecified atom stereocenters. The molecule has 0 amide bonds. The van der Waals surface area contributed by atoms with Crippen LogP contribution in [0.15, 0.2) is 10.2 Å². The summed E-state index contributed by atoms with van der Waals surface area (Å²) in [5, 5.41) is 0. The van der Waals surface area contributed by atoms with E-state index in [1.54, 1.807) is 0 Å². The highest BCUT2D eigenvalue weighted by atomic mass is 127. The molecule has 58 valence electrons. The predicted molar refractivity (Wildman–Crippen MR) is 62.9 cm³/mol. The second-order valence-electron chi connectivity index (χ2n) is 3.30. The van der Waals surface area contributed by atoms with Gasteiger partial charge < -0.3 is 0 Å². The van der Waals surface area contributed by atoms with Gasteiger partial charge >= 0.3 is 0 Å². The minimum absolute atomic E-state index is 0.552. The predicted octanol–water partition coefficient (Wildman–Crippen LogP) is 3.93. The van der Waals surface area contributed by atoms with Crippen LogP contribution >= 0.6 is 45.2 Å². The van der Waals surface area contributed by atoms with E-state index in [2.05, 4.69) is 58.7 Å². The Bertz CT molecular complexity index is 149. The lowest BCUT2D eigenvalue weighted by molar-refractivity contribution is 0.651. The molecule has 0 aromatic carbocycles. The van der Waals surface area contributed by atoms with Gasteiger partial charge in [-0.1, -0.05) is 36.1 Å². The van der Waals surface area contributed by atoms with Crippen molar-refractivity contribution in [1.82, 2.24) is 0 Å². The molecule has 1 aliphatic rings. The van der Waals surface area contributed by atoms with Crippen LogP contribution in [0.25, 0.3) is 0 Å². The van der Waals surface area contributed by atoms with Crippen LogP contribution in [0.1, 0.15) is 26.2 Å². The van der Waals surface area contributed by atoms with Crippen LogP contribution in [0.2, 0.25) is 0 Å². The van der Waals surface area contributed by atoms with Gasteiger partial charge in [-0.15, -0.1) is 0 Å². The second-order valence-corrected chi connectivity index (χ2v) is 7.29. The van der Waals surface area contributed by atoms with Crippen LogP contribution in [0.3, 0.4) is 0 Å². The summed E-state index contributed by atoms with van der Waals surface area (Å²) in [6, 6.07) is 0. The van der Waals surface area contributed by atoms with Gasteiger partial charge in [-0.05, 0) is 51.4 Å². The summed E-state index contributed by atoms with van der Waals surface area (Å²) in [4.78, 5) is 0. The first-order chi connectivity index (χ1) is 4.51. The van der Waals surface area contributed by atoms with Crippen LogP contribution < -0.4 is 0 Å². The minimum atomic E-state index is 0.552. The molecule has 10 heavy (non-hydrogen) atoms. The average Bonchev–Trinajstić information content (AvgIpc) is 2.10. The van der Waals surface area contributed by atoms with Gasteiger partial charge in [0.1, 0.15) is 0 Å². The molecule has 0 spiro atoms. The van der Waals surface area contributed by atoms with E-state index >= 15 is 0 Å². The van der Waals surface area contributed by atoms with Crippen molar-refractivity contribution in [3.63, 3.8) is 0 Å². The topological polar surface area (TPSA) is 0 Å². The zero-order valence-electron chi connectivity index (χ0n) is 6.16. The van der Waals surface area contributed by atoms with Crippen LogP contribution in [-0.4, -0.2) is 3.42 Å².